The van der Waals surface area contributed by atoms with E-state index < -0.39 is 19.6 Å². The van der Waals surface area contributed by atoms with Crippen LogP contribution in [0.25, 0.3) is 0 Å². The number of carbonyl (C=O) groups is 1. The first-order chi connectivity index (χ1) is 13.7. The van der Waals surface area contributed by atoms with Gasteiger partial charge in [0, 0.05) is 0 Å². The van der Waals surface area contributed by atoms with Gasteiger partial charge in [0.1, 0.15) is 8.07 Å². The number of hydrogen-bond donors (Lipinski definition) is 1. The maximum atomic E-state index is 12.8. The molecule has 1 aliphatic carbocycles. The molecule has 0 radical (unpaired) electrons. The highest BCUT2D eigenvalue weighted by molar-refractivity contribution is 7.04. The summed E-state index contributed by atoms with van der Waals surface area (Å²) in [5.41, 5.74) is -0.761. The zero-order chi connectivity index (χ0) is 21.3. The molecule has 0 amide bonds. The van der Waals surface area contributed by atoms with Gasteiger partial charge in [-0.15, -0.1) is 0 Å². The SMILES string of the molecule is CCOC(=O)[C@]1(C(C)O)C[C@@H]1C[Si](c1ccccc1)(c1ccccc1)C(C)(C)C. The first-order valence-electron chi connectivity index (χ1n) is 10.7. The maximum absolute atomic E-state index is 12.8. The Labute approximate surface area is 176 Å². The van der Waals surface area contributed by atoms with E-state index in [2.05, 4.69) is 81.4 Å². The van der Waals surface area contributed by atoms with Crippen LogP contribution in [-0.4, -0.2) is 31.9 Å². The summed E-state index contributed by atoms with van der Waals surface area (Å²) < 4.78 is 5.39. The number of hydrogen-bond acceptors (Lipinski definition) is 3. The Morgan fingerprint density at radius 3 is 1.97 bits per heavy atom. The number of esters is 1. The van der Waals surface area contributed by atoms with Crippen LogP contribution in [0.5, 0.6) is 0 Å². The second-order valence-corrected chi connectivity index (χ2v) is 14.3. The van der Waals surface area contributed by atoms with Crippen LogP contribution in [0.2, 0.25) is 11.1 Å². The molecule has 0 aliphatic heterocycles. The van der Waals surface area contributed by atoms with Crippen molar-refractivity contribution in [3.8, 4) is 0 Å². The quantitative estimate of drug-likeness (QED) is 0.554. The average Bonchev–Trinajstić information content (AvgIpc) is 3.42. The lowest BCUT2D eigenvalue weighted by molar-refractivity contribution is -0.154. The molecule has 156 valence electrons. The van der Waals surface area contributed by atoms with Crippen LogP contribution in [-0.2, 0) is 9.53 Å². The molecule has 3 rings (SSSR count). The van der Waals surface area contributed by atoms with Gasteiger partial charge in [-0.25, -0.2) is 0 Å². The van der Waals surface area contributed by atoms with Crippen molar-refractivity contribution < 1.29 is 14.6 Å². The zero-order valence-electron chi connectivity index (χ0n) is 18.3. The molecule has 0 bridgehead atoms. The van der Waals surface area contributed by atoms with Gasteiger partial charge in [0.15, 0.2) is 0 Å². The van der Waals surface area contributed by atoms with Crippen molar-refractivity contribution in [2.75, 3.05) is 6.61 Å². The molecule has 4 heteroatoms. The fourth-order valence-corrected chi connectivity index (χ4v) is 11.1. The molecule has 2 aromatic carbocycles. The van der Waals surface area contributed by atoms with Gasteiger partial charge in [0.05, 0.1) is 18.1 Å². The molecule has 1 unspecified atom stereocenters. The molecule has 1 fully saturated rings. The first kappa shape index (κ1) is 21.8. The number of rotatable bonds is 7. The van der Waals surface area contributed by atoms with Crippen LogP contribution in [0.1, 0.15) is 41.0 Å². The Balaban J connectivity index is 2.12. The maximum Gasteiger partial charge on any atom is 0.314 e. The highest BCUT2D eigenvalue weighted by Gasteiger charge is 2.67. The molecule has 0 spiro atoms. The first-order valence-corrected chi connectivity index (χ1v) is 12.9. The van der Waals surface area contributed by atoms with E-state index >= 15 is 0 Å². The van der Waals surface area contributed by atoms with Crippen molar-refractivity contribution in [1.29, 1.82) is 0 Å². The van der Waals surface area contributed by atoms with Gasteiger partial charge in [-0.2, -0.15) is 0 Å². The standard InChI is InChI=1S/C25H34O3Si/c1-6-28-23(27)25(19(2)26)17-20(25)18-29(24(3,4)5,21-13-9-7-10-14-21)22-15-11-8-12-16-22/h7-16,19-20,26H,6,17-18H2,1-5H3/t19?,20-,25+/m1/s1. The molecule has 0 saturated heterocycles. The summed E-state index contributed by atoms with van der Waals surface area (Å²) in [6.07, 6.45) is -0.00154. The summed E-state index contributed by atoms with van der Waals surface area (Å²) in [6, 6.07) is 22.5. The molecule has 1 saturated carbocycles. The lowest BCUT2D eigenvalue weighted by Crippen LogP contribution is -2.64. The van der Waals surface area contributed by atoms with Crippen molar-refractivity contribution in [2.24, 2.45) is 11.3 Å². The summed E-state index contributed by atoms with van der Waals surface area (Å²) >= 11 is 0. The van der Waals surface area contributed by atoms with Crippen LogP contribution in [0.4, 0.5) is 0 Å². The smallest absolute Gasteiger partial charge is 0.314 e. The van der Waals surface area contributed by atoms with E-state index in [4.69, 9.17) is 4.74 Å². The van der Waals surface area contributed by atoms with E-state index in [0.717, 1.165) is 6.04 Å². The summed E-state index contributed by atoms with van der Waals surface area (Å²) in [7, 11) is -2.27. The lowest BCUT2D eigenvalue weighted by Gasteiger charge is -2.45. The monoisotopic (exact) mass is 410 g/mol. The molecule has 1 N–H and O–H groups in total. The van der Waals surface area contributed by atoms with E-state index in [1.165, 1.54) is 10.4 Å². The number of aliphatic hydroxyl groups is 1. The second-order valence-electron chi connectivity index (χ2n) is 9.43. The van der Waals surface area contributed by atoms with E-state index in [9.17, 15) is 9.90 Å². The highest BCUT2D eigenvalue weighted by atomic mass is 28.3. The number of benzene rings is 2. The van der Waals surface area contributed by atoms with Gasteiger partial charge in [-0.1, -0.05) is 91.8 Å². The van der Waals surface area contributed by atoms with E-state index in [0.29, 0.717) is 13.0 Å². The average molecular weight is 411 g/mol. The Kier molecular flexibility index (Phi) is 6.07. The Morgan fingerprint density at radius 1 is 1.10 bits per heavy atom. The third-order valence-electron chi connectivity index (χ3n) is 6.92. The molecule has 0 heterocycles. The molecule has 29 heavy (non-hydrogen) atoms. The van der Waals surface area contributed by atoms with Gasteiger partial charge in [0.25, 0.3) is 0 Å². The molecule has 3 nitrogen and oxygen atoms in total. The van der Waals surface area contributed by atoms with Crippen LogP contribution in [0.3, 0.4) is 0 Å². The second kappa shape index (κ2) is 8.08. The zero-order valence-corrected chi connectivity index (χ0v) is 19.3. The fraction of sp³-hybridized carbons (Fsp3) is 0.480. The molecule has 3 atom stereocenters. The molecular weight excluding hydrogens is 376 g/mol. The van der Waals surface area contributed by atoms with Crippen molar-refractivity contribution in [3.63, 3.8) is 0 Å². The van der Waals surface area contributed by atoms with Crippen molar-refractivity contribution >= 4 is 24.4 Å². The van der Waals surface area contributed by atoms with E-state index in [1.54, 1.807) is 6.92 Å². The molecule has 2 aromatic rings. The van der Waals surface area contributed by atoms with E-state index in [-0.39, 0.29) is 16.9 Å². The summed E-state index contributed by atoms with van der Waals surface area (Å²) in [4.78, 5) is 12.8. The summed E-state index contributed by atoms with van der Waals surface area (Å²) in [5, 5.41) is 13.4. The minimum atomic E-state index is -2.27. The van der Waals surface area contributed by atoms with Crippen LogP contribution >= 0.6 is 0 Å². The van der Waals surface area contributed by atoms with E-state index in [1.807, 2.05) is 6.92 Å². The minimum Gasteiger partial charge on any atom is -0.465 e. The van der Waals surface area contributed by atoms with Crippen LogP contribution < -0.4 is 10.4 Å². The van der Waals surface area contributed by atoms with Crippen molar-refractivity contribution in [3.05, 3.63) is 60.7 Å². The lowest BCUT2D eigenvalue weighted by atomic mass is 9.98. The van der Waals surface area contributed by atoms with Gasteiger partial charge >= 0.3 is 5.97 Å². The summed E-state index contributed by atoms with van der Waals surface area (Å²) in [5.74, 6) is -0.106. The van der Waals surface area contributed by atoms with Crippen LogP contribution in [0, 0.1) is 11.3 Å². The highest BCUT2D eigenvalue weighted by Crippen LogP contribution is 2.61. The molecule has 0 aromatic heterocycles. The van der Waals surface area contributed by atoms with Crippen molar-refractivity contribution in [1.82, 2.24) is 0 Å². The number of aliphatic hydroxyl groups excluding tert-OH is 1. The predicted octanol–water partition coefficient (Wildman–Crippen LogP) is 4.00. The topological polar surface area (TPSA) is 46.5 Å². The van der Waals surface area contributed by atoms with Gasteiger partial charge in [-0.3, -0.25) is 4.79 Å². The third-order valence-corrected chi connectivity index (χ3v) is 13.2. The van der Waals surface area contributed by atoms with Crippen LogP contribution in [0.15, 0.2) is 60.7 Å². The Hall–Kier alpha value is -1.91. The largest absolute Gasteiger partial charge is 0.465 e. The van der Waals surface area contributed by atoms with Gasteiger partial charge in [-0.05, 0) is 37.3 Å². The Bertz CT molecular complexity index is 787. The fourth-order valence-electron chi connectivity index (χ4n) is 5.19. The molecule has 1 aliphatic rings. The minimum absolute atomic E-state index is 0.0391. The van der Waals surface area contributed by atoms with Gasteiger partial charge < -0.3 is 9.84 Å². The van der Waals surface area contributed by atoms with Crippen molar-refractivity contribution in [2.45, 2.75) is 58.2 Å². The normalized spacial score (nSPS) is 22.8. The number of carbonyl (C=O) groups excluding carboxylic acids is 1. The third kappa shape index (κ3) is 3.69. The Morgan fingerprint density at radius 2 is 1.59 bits per heavy atom. The molecular formula is C25H34O3Si. The predicted molar refractivity (Wildman–Crippen MR) is 121 cm³/mol. The van der Waals surface area contributed by atoms with Gasteiger partial charge in [0.2, 0.25) is 0 Å². The number of ether oxygens (including phenoxy) is 1. The summed E-state index contributed by atoms with van der Waals surface area (Å²) in [6.45, 7) is 10.9.